The maximum absolute atomic E-state index is 14.1. The minimum absolute atomic E-state index is 0.0525. The van der Waals surface area contributed by atoms with E-state index in [1.165, 1.54) is 24.0 Å². The van der Waals surface area contributed by atoms with Crippen LogP contribution in [0.3, 0.4) is 0 Å². The number of nitrogens with zero attached hydrogens (tertiary/aromatic N) is 4. The fourth-order valence-corrected chi connectivity index (χ4v) is 2.65. The number of hydrogen-bond donors (Lipinski definition) is 0. The van der Waals surface area contributed by atoms with Crippen LogP contribution in [0.25, 0.3) is 0 Å². The van der Waals surface area contributed by atoms with Crippen molar-refractivity contribution in [2.45, 2.75) is 11.7 Å². The summed E-state index contributed by atoms with van der Waals surface area (Å²) in [4.78, 5) is 21.4. The number of urea groups is 1. The van der Waals surface area contributed by atoms with Crippen molar-refractivity contribution in [1.82, 2.24) is 14.4 Å². The van der Waals surface area contributed by atoms with E-state index in [4.69, 9.17) is 11.8 Å². The third kappa shape index (κ3) is 2.38. The molecular formula is C13H9ClF2N4OS. The summed E-state index contributed by atoms with van der Waals surface area (Å²) in [5.41, 5.74) is -0.0140. The number of rotatable bonds is 2. The highest BCUT2D eigenvalue weighted by molar-refractivity contribution is 7.98. The SMILES string of the molecule is CSc1ncc2c(n1)N(c1c(F)cccc1F)C(=O)N(Cl)C2. The van der Waals surface area contributed by atoms with Gasteiger partial charge in [0.05, 0.1) is 6.54 Å². The fourth-order valence-electron chi connectivity index (χ4n) is 2.11. The molecule has 0 saturated carbocycles. The summed E-state index contributed by atoms with van der Waals surface area (Å²) >= 11 is 7.11. The van der Waals surface area contributed by atoms with Crippen LogP contribution >= 0.6 is 23.5 Å². The Hall–Kier alpha value is -1.93. The molecule has 0 spiro atoms. The van der Waals surface area contributed by atoms with Crippen molar-refractivity contribution >= 4 is 41.1 Å². The van der Waals surface area contributed by atoms with E-state index >= 15 is 0 Å². The van der Waals surface area contributed by atoms with Gasteiger partial charge in [-0.25, -0.2) is 32.9 Å². The lowest BCUT2D eigenvalue weighted by atomic mass is 10.2. The van der Waals surface area contributed by atoms with Crippen molar-refractivity contribution in [1.29, 1.82) is 0 Å². The summed E-state index contributed by atoms with van der Waals surface area (Å²) in [6.45, 7) is 0.0525. The largest absolute Gasteiger partial charge is 0.345 e. The lowest BCUT2D eigenvalue weighted by Crippen LogP contribution is -2.41. The molecule has 0 bridgehead atoms. The Labute approximate surface area is 134 Å². The summed E-state index contributed by atoms with van der Waals surface area (Å²) in [7, 11) is 0. The number of benzene rings is 1. The highest BCUT2D eigenvalue weighted by Gasteiger charge is 2.35. The number of aromatic nitrogens is 2. The predicted molar refractivity (Wildman–Crippen MR) is 79.1 cm³/mol. The summed E-state index contributed by atoms with van der Waals surface area (Å²) in [6, 6.07) is 2.57. The first-order chi connectivity index (χ1) is 10.5. The Kier molecular flexibility index (Phi) is 3.88. The third-order valence-electron chi connectivity index (χ3n) is 3.08. The molecule has 9 heteroatoms. The van der Waals surface area contributed by atoms with E-state index in [0.717, 1.165) is 21.5 Å². The molecule has 0 atom stereocenters. The standard InChI is InChI=1S/C13H9ClF2N4OS/c1-22-12-17-5-7-6-19(14)13(21)20(11(7)18-12)10-8(15)3-2-4-9(10)16/h2-5H,6H2,1H3. The minimum atomic E-state index is -0.879. The number of carbonyl (C=O) groups is 1. The monoisotopic (exact) mass is 342 g/mol. The molecule has 1 aliphatic rings. The van der Waals surface area contributed by atoms with Gasteiger partial charge in [-0.05, 0) is 18.4 Å². The molecule has 5 nitrogen and oxygen atoms in total. The lowest BCUT2D eigenvalue weighted by Gasteiger charge is -2.32. The molecule has 114 valence electrons. The van der Waals surface area contributed by atoms with Crippen LogP contribution in [0.2, 0.25) is 0 Å². The van der Waals surface area contributed by atoms with Crippen molar-refractivity contribution in [2.75, 3.05) is 11.2 Å². The van der Waals surface area contributed by atoms with Gasteiger partial charge in [0.25, 0.3) is 0 Å². The van der Waals surface area contributed by atoms with Crippen LogP contribution in [-0.2, 0) is 6.54 Å². The van der Waals surface area contributed by atoms with Gasteiger partial charge in [-0.1, -0.05) is 17.8 Å². The van der Waals surface area contributed by atoms with Gasteiger partial charge in [0.1, 0.15) is 17.3 Å². The molecule has 3 rings (SSSR count). The van der Waals surface area contributed by atoms with Gasteiger partial charge in [-0.2, -0.15) is 0 Å². The number of thioether (sulfide) groups is 1. The van der Waals surface area contributed by atoms with E-state index in [9.17, 15) is 13.6 Å². The molecular weight excluding hydrogens is 334 g/mol. The van der Waals surface area contributed by atoms with Crippen LogP contribution in [0.15, 0.2) is 29.6 Å². The second-order valence-corrected chi connectivity index (χ2v) is 5.60. The first-order valence-corrected chi connectivity index (χ1v) is 7.70. The Bertz CT molecular complexity index is 741. The maximum Gasteiger partial charge on any atom is 0.345 e. The summed E-state index contributed by atoms with van der Waals surface area (Å²) in [6.07, 6.45) is 3.25. The van der Waals surface area contributed by atoms with Crippen molar-refractivity contribution in [3.8, 4) is 0 Å². The quantitative estimate of drug-likeness (QED) is 0.474. The normalized spacial score (nSPS) is 14.3. The summed E-state index contributed by atoms with van der Waals surface area (Å²) in [5, 5.41) is 0.385. The van der Waals surface area contributed by atoms with Gasteiger partial charge >= 0.3 is 6.03 Å². The zero-order valence-electron chi connectivity index (χ0n) is 11.3. The zero-order chi connectivity index (χ0) is 15.9. The molecule has 2 aromatic rings. The molecule has 1 aromatic carbocycles. The molecule has 1 aliphatic heterocycles. The average molecular weight is 343 g/mol. The van der Waals surface area contributed by atoms with Crippen LogP contribution in [0, 0.1) is 11.6 Å². The van der Waals surface area contributed by atoms with Crippen LogP contribution in [0.5, 0.6) is 0 Å². The average Bonchev–Trinajstić information content (AvgIpc) is 2.50. The van der Waals surface area contributed by atoms with Gasteiger partial charge in [0.2, 0.25) is 0 Å². The minimum Gasteiger partial charge on any atom is -0.246 e. The molecule has 0 radical (unpaired) electrons. The predicted octanol–water partition coefficient (Wildman–Crippen LogP) is 3.70. The fraction of sp³-hybridized carbons (Fsp3) is 0.154. The van der Waals surface area contributed by atoms with E-state index in [2.05, 4.69) is 9.97 Å². The van der Waals surface area contributed by atoms with Gasteiger partial charge in [-0.15, -0.1) is 0 Å². The molecule has 0 aliphatic carbocycles. The summed E-state index contributed by atoms with van der Waals surface area (Å²) < 4.78 is 29.0. The zero-order valence-corrected chi connectivity index (χ0v) is 12.8. The van der Waals surface area contributed by atoms with Crippen LogP contribution < -0.4 is 4.90 Å². The molecule has 1 aromatic heterocycles. The van der Waals surface area contributed by atoms with Crippen LogP contribution in [0.4, 0.5) is 25.1 Å². The van der Waals surface area contributed by atoms with Crippen molar-refractivity contribution in [3.63, 3.8) is 0 Å². The Morgan fingerprint density at radius 3 is 2.64 bits per heavy atom. The van der Waals surface area contributed by atoms with Gasteiger partial charge < -0.3 is 0 Å². The lowest BCUT2D eigenvalue weighted by molar-refractivity contribution is 0.229. The molecule has 0 fully saturated rings. The van der Waals surface area contributed by atoms with E-state index in [1.54, 1.807) is 6.26 Å². The van der Waals surface area contributed by atoms with Crippen molar-refractivity contribution in [2.24, 2.45) is 0 Å². The van der Waals surface area contributed by atoms with Crippen molar-refractivity contribution < 1.29 is 13.6 Å². The number of hydrogen-bond acceptors (Lipinski definition) is 4. The molecule has 22 heavy (non-hydrogen) atoms. The second-order valence-electron chi connectivity index (χ2n) is 4.41. The molecule has 2 heterocycles. The second kappa shape index (κ2) is 5.69. The molecule has 0 unspecified atom stereocenters. The number of halogens is 3. The first kappa shape index (κ1) is 15.0. The molecule has 0 saturated heterocycles. The van der Waals surface area contributed by atoms with Gasteiger partial charge in [0, 0.05) is 23.5 Å². The number of anilines is 2. The first-order valence-electron chi connectivity index (χ1n) is 6.14. The summed E-state index contributed by atoms with van der Waals surface area (Å²) in [5.74, 6) is -1.63. The number of carbonyl (C=O) groups excluding carboxylic acids is 1. The third-order valence-corrected chi connectivity index (χ3v) is 3.91. The van der Waals surface area contributed by atoms with E-state index in [-0.39, 0.29) is 12.4 Å². The molecule has 0 N–H and O–H groups in total. The van der Waals surface area contributed by atoms with E-state index < -0.39 is 23.4 Å². The van der Waals surface area contributed by atoms with E-state index in [0.29, 0.717) is 10.7 Å². The Balaban J connectivity index is 2.24. The van der Waals surface area contributed by atoms with Crippen LogP contribution in [0.1, 0.15) is 5.56 Å². The highest BCUT2D eigenvalue weighted by atomic mass is 35.5. The van der Waals surface area contributed by atoms with Crippen molar-refractivity contribution in [3.05, 3.63) is 41.6 Å². The molecule has 2 amide bonds. The van der Waals surface area contributed by atoms with Crippen LogP contribution in [-0.4, -0.2) is 26.7 Å². The van der Waals surface area contributed by atoms with Gasteiger partial charge in [0.15, 0.2) is 11.0 Å². The number of para-hydroxylation sites is 1. The number of fused-ring (bicyclic) bond motifs is 1. The maximum atomic E-state index is 14.1. The Morgan fingerprint density at radius 1 is 1.32 bits per heavy atom. The van der Waals surface area contributed by atoms with E-state index in [1.807, 2.05) is 0 Å². The highest BCUT2D eigenvalue weighted by Crippen LogP contribution is 2.37. The Morgan fingerprint density at radius 2 is 2.00 bits per heavy atom. The topological polar surface area (TPSA) is 49.3 Å². The van der Waals surface area contributed by atoms with Gasteiger partial charge in [-0.3, -0.25) is 0 Å². The number of amides is 2. The smallest absolute Gasteiger partial charge is 0.246 e.